The Morgan fingerprint density at radius 1 is 1.33 bits per heavy atom. The van der Waals surface area contributed by atoms with Crippen molar-refractivity contribution in [2.45, 2.75) is 19.3 Å². The number of hydrogen-bond donors (Lipinski definition) is 2. The Morgan fingerprint density at radius 2 is 2.00 bits per heavy atom. The van der Waals surface area contributed by atoms with Crippen LogP contribution in [0.15, 0.2) is 0 Å². The first-order valence-electron chi connectivity index (χ1n) is 5.32. The smallest absolute Gasteiger partial charge is 0.220 e. The monoisotopic (exact) mass is 236 g/mol. The molecule has 2 N–H and O–H groups in total. The maximum Gasteiger partial charge on any atom is 0.220 e. The fourth-order valence-electron chi connectivity index (χ4n) is 1.61. The van der Waals surface area contributed by atoms with Gasteiger partial charge < -0.3 is 15.4 Å². The first-order chi connectivity index (χ1) is 6.83. The molecule has 1 aliphatic rings. The van der Waals surface area contributed by atoms with Gasteiger partial charge in [0.1, 0.15) is 0 Å². The largest absolute Gasteiger partial charge is 0.381 e. The van der Waals surface area contributed by atoms with Gasteiger partial charge in [-0.3, -0.25) is 4.79 Å². The van der Waals surface area contributed by atoms with Crippen LogP contribution < -0.4 is 10.6 Å². The molecule has 0 aromatic carbocycles. The van der Waals surface area contributed by atoms with Gasteiger partial charge in [-0.15, -0.1) is 12.4 Å². The number of carbonyl (C=O) groups is 1. The van der Waals surface area contributed by atoms with E-state index in [-0.39, 0.29) is 18.3 Å². The average molecular weight is 237 g/mol. The van der Waals surface area contributed by atoms with Crippen molar-refractivity contribution in [1.82, 2.24) is 10.6 Å². The standard InChI is InChI=1S/C10H20N2O2.ClH/c1-11-4-5-12-10(13)8-9-2-6-14-7-3-9;/h9,11H,2-8H2,1H3,(H,12,13);1H. The fraction of sp³-hybridized carbons (Fsp3) is 0.900. The van der Waals surface area contributed by atoms with Crippen molar-refractivity contribution >= 4 is 18.3 Å². The van der Waals surface area contributed by atoms with Crippen LogP contribution in [0.5, 0.6) is 0 Å². The molecule has 1 amide bonds. The van der Waals surface area contributed by atoms with Crippen molar-refractivity contribution in [1.29, 1.82) is 0 Å². The van der Waals surface area contributed by atoms with Gasteiger partial charge in [0.05, 0.1) is 0 Å². The summed E-state index contributed by atoms with van der Waals surface area (Å²) in [5, 5.41) is 5.88. The lowest BCUT2D eigenvalue weighted by atomic mass is 9.96. The normalized spacial score (nSPS) is 16.9. The minimum absolute atomic E-state index is 0. The maximum atomic E-state index is 11.4. The third kappa shape index (κ3) is 6.71. The predicted octanol–water partition coefficient (Wildman–Crippen LogP) is 0.560. The third-order valence-corrected chi connectivity index (χ3v) is 2.51. The van der Waals surface area contributed by atoms with Crippen LogP contribution >= 0.6 is 12.4 Å². The van der Waals surface area contributed by atoms with Gasteiger partial charge in [-0.05, 0) is 25.8 Å². The molecule has 1 fully saturated rings. The second-order valence-electron chi connectivity index (χ2n) is 3.71. The van der Waals surface area contributed by atoms with Crippen molar-refractivity contribution in [3.63, 3.8) is 0 Å². The number of rotatable bonds is 5. The predicted molar refractivity (Wildman–Crippen MR) is 62.3 cm³/mol. The first kappa shape index (κ1) is 14.7. The van der Waals surface area contributed by atoms with Crippen LogP contribution in [0.4, 0.5) is 0 Å². The lowest BCUT2D eigenvalue weighted by molar-refractivity contribution is -0.122. The molecule has 15 heavy (non-hydrogen) atoms. The Kier molecular flexibility index (Phi) is 8.76. The lowest BCUT2D eigenvalue weighted by Gasteiger charge is -2.21. The maximum absolute atomic E-state index is 11.4. The summed E-state index contributed by atoms with van der Waals surface area (Å²) in [5.74, 6) is 0.700. The molecular formula is C10H21ClN2O2. The molecule has 0 saturated carbocycles. The Bertz CT molecular complexity index is 173. The van der Waals surface area contributed by atoms with Crippen LogP contribution in [0.3, 0.4) is 0 Å². The Labute approximate surface area is 97.5 Å². The highest BCUT2D eigenvalue weighted by Crippen LogP contribution is 2.17. The van der Waals surface area contributed by atoms with Gasteiger partial charge in [-0.1, -0.05) is 0 Å². The van der Waals surface area contributed by atoms with E-state index in [1.54, 1.807) is 0 Å². The minimum Gasteiger partial charge on any atom is -0.381 e. The second kappa shape index (κ2) is 8.95. The summed E-state index contributed by atoms with van der Waals surface area (Å²) in [4.78, 5) is 11.4. The molecule has 1 aliphatic heterocycles. The minimum atomic E-state index is 0. The van der Waals surface area contributed by atoms with E-state index in [0.29, 0.717) is 12.3 Å². The summed E-state index contributed by atoms with van der Waals surface area (Å²) in [6.45, 7) is 3.18. The van der Waals surface area contributed by atoms with Crippen molar-refractivity contribution in [3.05, 3.63) is 0 Å². The van der Waals surface area contributed by atoms with E-state index >= 15 is 0 Å². The molecule has 0 aromatic heterocycles. The first-order valence-corrected chi connectivity index (χ1v) is 5.32. The molecule has 1 heterocycles. The van der Waals surface area contributed by atoms with Crippen molar-refractivity contribution in [2.24, 2.45) is 5.92 Å². The van der Waals surface area contributed by atoms with Crippen LogP contribution in [0.1, 0.15) is 19.3 Å². The zero-order valence-electron chi connectivity index (χ0n) is 9.25. The van der Waals surface area contributed by atoms with Crippen molar-refractivity contribution in [2.75, 3.05) is 33.4 Å². The summed E-state index contributed by atoms with van der Waals surface area (Å²) in [5.41, 5.74) is 0. The van der Waals surface area contributed by atoms with E-state index in [1.807, 2.05) is 7.05 Å². The van der Waals surface area contributed by atoms with Gasteiger partial charge in [-0.2, -0.15) is 0 Å². The average Bonchev–Trinajstić information content (AvgIpc) is 2.20. The number of hydrogen-bond acceptors (Lipinski definition) is 3. The third-order valence-electron chi connectivity index (χ3n) is 2.51. The number of halogens is 1. The Morgan fingerprint density at radius 3 is 2.60 bits per heavy atom. The highest BCUT2D eigenvalue weighted by Gasteiger charge is 2.16. The highest BCUT2D eigenvalue weighted by atomic mass is 35.5. The van der Waals surface area contributed by atoms with E-state index in [1.165, 1.54) is 0 Å². The molecule has 0 atom stereocenters. The lowest BCUT2D eigenvalue weighted by Crippen LogP contribution is -2.32. The van der Waals surface area contributed by atoms with E-state index in [9.17, 15) is 4.79 Å². The molecule has 4 nitrogen and oxygen atoms in total. The summed E-state index contributed by atoms with van der Waals surface area (Å²) < 4.78 is 5.24. The summed E-state index contributed by atoms with van der Waals surface area (Å²) >= 11 is 0. The highest BCUT2D eigenvalue weighted by molar-refractivity contribution is 5.85. The molecule has 0 radical (unpaired) electrons. The van der Waals surface area contributed by atoms with Crippen LogP contribution in [0.25, 0.3) is 0 Å². The van der Waals surface area contributed by atoms with E-state index in [2.05, 4.69) is 10.6 Å². The summed E-state index contributed by atoms with van der Waals surface area (Å²) in [6, 6.07) is 0. The topological polar surface area (TPSA) is 50.4 Å². The van der Waals surface area contributed by atoms with Crippen LogP contribution in [0.2, 0.25) is 0 Å². The Hall–Kier alpha value is -0.320. The van der Waals surface area contributed by atoms with Crippen molar-refractivity contribution in [3.8, 4) is 0 Å². The zero-order chi connectivity index (χ0) is 10.2. The van der Waals surface area contributed by atoms with Gasteiger partial charge in [0.25, 0.3) is 0 Å². The molecule has 1 saturated heterocycles. The molecular weight excluding hydrogens is 216 g/mol. The van der Waals surface area contributed by atoms with E-state index in [4.69, 9.17) is 4.74 Å². The molecule has 0 spiro atoms. The molecule has 1 rings (SSSR count). The fourth-order valence-corrected chi connectivity index (χ4v) is 1.61. The zero-order valence-corrected chi connectivity index (χ0v) is 10.1. The molecule has 0 bridgehead atoms. The molecule has 90 valence electrons. The SMILES string of the molecule is CNCCNC(=O)CC1CCOCC1.Cl. The number of carbonyl (C=O) groups excluding carboxylic acids is 1. The van der Waals surface area contributed by atoms with E-state index < -0.39 is 0 Å². The Balaban J connectivity index is 0.00000196. The molecule has 0 aromatic rings. The molecule has 0 unspecified atom stereocenters. The summed E-state index contributed by atoms with van der Waals surface area (Å²) in [6.07, 6.45) is 2.71. The number of ether oxygens (including phenoxy) is 1. The second-order valence-corrected chi connectivity index (χ2v) is 3.71. The van der Waals surface area contributed by atoms with E-state index in [0.717, 1.165) is 39.1 Å². The van der Waals surface area contributed by atoms with Gasteiger partial charge in [0.2, 0.25) is 5.91 Å². The van der Waals surface area contributed by atoms with Crippen LogP contribution in [-0.4, -0.2) is 39.3 Å². The quantitative estimate of drug-likeness (QED) is 0.686. The number of nitrogens with one attached hydrogen (secondary N) is 2. The molecule has 0 aliphatic carbocycles. The van der Waals surface area contributed by atoms with Gasteiger partial charge in [0.15, 0.2) is 0 Å². The number of likely N-dealkylation sites (N-methyl/N-ethyl adjacent to an activating group) is 1. The molecule has 5 heteroatoms. The van der Waals surface area contributed by atoms with Gasteiger partial charge >= 0.3 is 0 Å². The van der Waals surface area contributed by atoms with Crippen molar-refractivity contribution < 1.29 is 9.53 Å². The van der Waals surface area contributed by atoms with Crippen LogP contribution in [-0.2, 0) is 9.53 Å². The summed E-state index contributed by atoms with van der Waals surface area (Å²) in [7, 11) is 1.88. The van der Waals surface area contributed by atoms with Gasteiger partial charge in [0, 0.05) is 32.7 Å². The van der Waals surface area contributed by atoms with Crippen LogP contribution in [0, 0.1) is 5.92 Å². The number of amides is 1. The van der Waals surface area contributed by atoms with Gasteiger partial charge in [-0.25, -0.2) is 0 Å².